The number of benzene rings is 1. The zero-order valence-electron chi connectivity index (χ0n) is 11.6. The highest BCUT2D eigenvalue weighted by molar-refractivity contribution is 5.98. The number of aromatic nitrogens is 2. The van der Waals surface area contributed by atoms with E-state index in [-0.39, 0.29) is 5.78 Å². The topological polar surface area (TPSA) is 34.9 Å². The van der Waals surface area contributed by atoms with Gasteiger partial charge in [0.05, 0.1) is 23.1 Å². The second-order valence-corrected chi connectivity index (χ2v) is 5.64. The van der Waals surface area contributed by atoms with E-state index in [1.807, 2.05) is 4.68 Å². The van der Waals surface area contributed by atoms with Crippen molar-refractivity contribution in [2.75, 3.05) is 0 Å². The molecule has 0 spiro atoms. The number of carbonyl (C=O) groups is 1. The number of rotatable bonds is 1. The van der Waals surface area contributed by atoms with Crippen LogP contribution in [-0.4, -0.2) is 15.6 Å². The fraction of sp³-hybridized carbons (Fsp3) is 0.375. The highest BCUT2D eigenvalue weighted by Crippen LogP contribution is 2.28. The summed E-state index contributed by atoms with van der Waals surface area (Å²) < 4.78 is 1.95. The van der Waals surface area contributed by atoms with Gasteiger partial charge in [0, 0.05) is 6.42 Å². The SMILES string of the molecule is Cc1ccc(C)c(-n2ncc3c2C[C@@H](C)CC3=O)c1. The number of Topliss-reactive ketones (excluding diaryl/α,β-unsaturated/α-hetero) is 1. The van der Waals surface area contributed by atoms with E-state index in [0.29, 0.717) is 12.3 Å². The van der Waals surface area contributed by atoms with Crippen LogP contribution in [0, 0.1) is 19.8 Å². The van der Waals surface area contributed by atoms with E-state index in [2.05, 4.69) is 44.1 Å². The van der Waals surface area contributed by atoms with Crippen LogP contribution < -0.4 is 0 Å². The second-order valence-electron chi connectivity index (χ2n) is 5.64. The Labute approximate surface area is 113 Å². The molecule has 0 amide bonds. The van der Waals surface area contributed by atoms with E-state index in [0.717, 1.165) is 23.4 Å². The van der Waals surface area contributed by atoms with Crippen LogP contribution in [0.15, 0.2) is 24.4 Å². The Morgan fingerprint density at radius 1 is 1.26 bits per heavy atom. The molecule has 19 heavy (non-hydrogen) atoms. The Morgan fingerprint density at radius 2 is 2.05 bits per heavy atom. The largest absolute Gasteiger partial charge is 0.294 e. The minimum absolute atomic E-state index is 0.227. The van der Waals surface area contributed by atoms with Gasteiger partial charge in [-0.05, 0) is 43.4 Å². The number of ketones is 1. The Bertz CT molecular complexity index is 655. The summed E-state index contributed by atoms with van der Waals surface area (Å²) >= 11 is 0. The van der Waals surface area contributed by atoms with Gasteiger partial charge in [-0.1, -0.05) is 19.1 Å². The molecule has 0 N–H and O–H groups in total. The van der Waals surface area contributed by atoms with Gasteiger partial charge in [0.1, 0.15) is 0 Å². The van der Waals surface area contributed by atoms with Crippen molar-refractivity contribution < 1.29 is 4.79 Å². The molecule has 1 atom stereocenters. The van der Waals surface area contributed by atoms with Crippen LogP contribution in [0.4, 0.5) is 0 Å². The lowest BCUT2D eigenvalue weighted by Gasteiger charge is -2.19. The smallest absolute Gasteiger partial charge is 0.166 e. The monoisotopic (exact) mass is 254 g/mol. The van der Waals surface area contributed by atoms with Crippen molar-refractivity contribution in [3.63, 3.8) is 0 Å². The van der Waals surface area contributed by atoms with Gasteiger partial charge >= 0.3 is 0 Å². The maximum atomic E-state index is 12.0. The molecule has 1 aliphatic rings. The van der Waals surface area contributed by atoms with E-state index in [9.17, 15) is 4.79 Å². The van der Waals surface area contributed by atoms with Crippen LogP contribution in [0.3, 0.4) is 0 Å². The van der Waals surface area contributed by atoms with Gasteiger partial charge < -0.3 is 0 Å². The predicted octanol–water partition coefficient (Wildman–Crippen LogP) is 3.25. The lowest BCUT2D eigenvalue weighted by molar-refractivity contribution is 0.0952. The van der Waals surface area contributed by atoms with Crippen LogP contribution in [0.2, 0.25) is 0 Å². The summed E-state index contributed by atoms with van der Waals surface area (Å²) in [5.74, 6) is 0.630. The molecule has 0 aliphatic heterocycles. The van der Waals surface area contributed by atoms with E-state index in [1.165, 1.54) is 11.1 Å². The summed E-state index contributed by atoms with van der Waals surface area (Å²) in [6.45, 7) is 6.28. The fourth-order valence-electron chi connectivity index (χ4n) is 2.79. The molecule has 1 aliphatic carbocycles. The van der Waals surface area contributed by atoms with Crippen LogP contribution in [0.5, 0.6) is 0 Å². The summed E-state index contributed by atoms with van der Waals surface area (Å²) in [5, 5.41) is 4.45. The van der Waals surface area contributed by atoms with Crippen LogP contribution in [0.25, 0.3) is 5.69 Å². The van der Waals surface area contributed by atoms with Gasteiger partial charge in [-0.15, -0.1) is 0 Å². The molecule has 0 radical (unpaired) electrons. The number of fused-ring (bicyclic) bond motifs is 1. The maximum Gasteiger partial charge on any atom is 0.166 e. The molecular formula is C16H18N2O. The quantitative estimate of drug-likeness (QED) is 0.783. The fourth-order valence-corrected chi connectivity index (χ4v) is 2.79. The van der Waals surface area contributed by atoms with Crippen LogP contribution >= 0.6 is 0 Å². The van der Waals surface area contributed by atoms with Gasteiger partial charge in [-0.2, -0.15) is 5.10 Å². The zero-order valence-corrected chi connectivity index (χ0v) is 11.6. The van der Waals surface area contributed by atoms with Crippen LogP contribution in [-0.2, 0) is 6.42 Å². The number of hydrogen-bond donors (Lipinski definition) is 0. The molecule has 0 unspecified atom stereocenters. The molecule has 1 aromatic heterocycles. The van der Waals surface area contributed by atoms with Crippen molar-refractivity contribution in [1.29, 1.82) is 0 Å². The first-order valence-corrected chi connectivity index (χ1v) is 6.74. The van der Waals surface area contributed by atoms with E-state index < -0.39 is 0 Å². The highest BCUT2D eigenvalue weighted by Gasteiger charge is 2.27. The van der Waals surface area contributed by atoms with Crippen molar-refractivity contribution in [1.82, 2.24) is 9.78 Å². The number of carbonyl (C=O) groups excluding carboxylic acids is 1. The van der Waals surface area contributed by atoms with Crippen molar-refractivity contribution >= 4 is 5.78 Å². The third-order valence-corrected chi connectivity index (χ3v) is 3.84. The third kappa shape index (κ3) is 1.99. The Morgan fingerprint density at radius 3 is 2.84 bits per heavy atom. The first kappa shape index (κ1) is 12.2. The Balaban J connectivity index is 2.17. The highest BCUT2D eigenvalue weighted by atomic mass is 16.1. The molecule has 98 valence electrons. The Hall–Kier alpha value is -1.90. The standard InChI is InChI=1S/C16H18N2O/c1-10-4-5-12(3)14(6-10)18-15-7-11(2)8-16(19)13(15)9-17-18/h4-6,9,11H,7-8H2,1-3H3/t11-/m1/s1. The van der Waals surface area contributed by atoms with Crippen molar-refractivity contribution in [2.45, 2.75) is 33.6 Å². The molecule has 3 heteroatoms. The van der Waals surface area contributed by atoms with Crippen LogP contribution in [0.1, 0.15) is 40.5 Å². The lowest BCUT2D eigenvalue weighted by Crippen LogP contribution is -2.19. The molecule has 2 aromatic rings. The molecule has 3 nitrogen and oxygen atoms in total. The molecule has 0 saturated heterocycles. The molecule has 3 rings (SSSR count). The predicted molar refractivity (Wildman–Crippen MR) is 74.9 cm³/mol. The summed E-state index contributed by atoms with van der Waals surface area (Å²) in [6.07, 6.45) is 3.30. The van der Waals surface area contributed by atoms with Gasteiger partial charge in [0.15, 0.2) is 5.78 Å². The van der Waals surface area contributed by atoms with Crippen molar-refractivity contribution in [3.05, 3.63) is 46.8 Å². The average molecular weight is 254 g/mol. The molecule has 1 aromatic carbocycles. The summed E-state index contributed by atoms with van der Waals surface area (Å²) in [5.41, 5.74) is 5.35. The maximum absolute atomic E-state index is 12.0. The van der Waals surface area contributed by atoms with Crippen molar-refractivity contribution in [2.24, 2.45) is 5.92 Å². The van der Waals surface area contributed by atoms with Gasteiger partial charge in [-0.3, -0.25) is 4.79 Å². The number of hydrogen-bond acceptors (Lipinski definition) is 2. The summed E-state index contributed by atoms with van der Waals surface area (Å²) in [7, 11) is 0. The molecule has 0 saturated carbocycles. The Kier molecular flexibility index (Phi) is 2.77. The minimum atomic E-state index is 0.227. The summed E-state index contributed by atoms with van der Waals surface area (Å²) in [4.78, 5) is 12.0. The number of nitrogens with zero attached hydrogens (tertiary/aromatic N) is 2. The van der Waals surface area contributed by atoms with Gasteiger partial charge in [-0.25, -0.2) is 4.68 Å². The summed E-state index contributed by atoms with van der Waals surface area (Å²) in [6, 6.07) is 6.34. The lowest BCUT2D eigenvalue weighted by atomic mass is 9.88. The minimum Gasteiger partial charge on any atom is -0.294 e. The van der Waals surface area contributed by atoms with E-state index in [4.69, 9.17) is 0 Å². The zero-order chi connectivity index (χ0) is 13.6. The van der Waals surface area contributed by atoms with Gasteiger partial charge in [0.25, 0.3) is 0 Å². The van der Waals surface area contributed by atoms with Gasteiger partial charge in [0.2, 0.25) is 0 Å². The molecule has 0 bridgehead atoms. The first-order chi connectivity index (χ1) is 9.06. The third-order valence-electron chi connectivity index (χ3n) is 3.84. The molecular weight excluding hydrogens is 236 g/mol. The number of aryl methyl sites for hydroxylation is 2. The molecule has 0 fully saturated rings. The molecule has 1 heterocycles. The van der Waals surface area contributed by atoms with E-state index >= 15 is 0 Å². The normalized spacial score (nSPS) is 18.5. The van der Waals surface area contributed by atoms with E-state index in [1.54, 1.807) is 6.20 Å². The average Bonchev–Trinajstić information content (AvgIpc) is 2.76. The second kappa shape index (κ2) is 4.34. The first-order valence-electron chi connectivity index (χ1n) is 6.74. The van der Waals surface area contributed by atoms with Crippen molar-refractivity contribution in [3.8, 4) is 5.69 Å².